The van der Waals surface area contributed by atoms with E-state index in [0.717, 1.165) is 29.4 Å². The van der Waals surface area contributed by atoms with Gasteiger partial charge in [0.05, 0.1) is 11.3 Å². The number of thioether (sulfide) groups is 1. The maximum Gasteiger partial charge on any atom is 0.234 e. The molecular weight excluding hydrogens is 360 g/mol. The monoisotopic (exact) mass is 384 g/mol. The third-order valence-electron chi connectivity index (χ3n) is 4.94. The Morgan fingerprint density at radius 2 is 2.00 bits per heavy atom. The van der Waals surface area contributed by atoms with Gasteiger partial charge in [0, 0.05) is 24.0 Å². The van der Waals surface area contributed by atoms with Crippen molar-refractivity contribution in [2.24, 2.45) is 5.92 Å². The molecule has 2 aromatic heterocycles. The lowest BCUT2D eigenvalue weighted by Crippen LogP contribution is -2.51. The van der Waals surface area contributed by atoms with Gasteiger partial charge in [-0.2, -0.15) is 5.26 Å². The number of carbonyl (C=O) groups is 1. The minimum absolute atomic E-state index is 0.0112. The molecule has 8 heteroatoms. The van der Waals surface area contributed by atoms with Gasteiger partial charge in [-0.3, -0.25) is 14.3 Å². The zero-order valence-electron chi connectivity index (χ0n) is 16.0. The Kier molecular flexibility index (Phi) is 5.51. The van der Waals surface area contributed by atoms with Crippen LogP contribution in [0.5, 0.6) is 0 Å². The van der Waals surface area contributed by atoms with Crippen molar-refractivity contribution in [3.8, 4) is 17.5 Å². The molecular formula is C19H24N6OS. The summed E-state index contributed by atoms with van der Waals surface area (Å²) in [6.07, 6.45) is 5.64. The third kappa shape index (κ3) is 4.14. The highest BCUT2D eigenvalue weighted by Crippen LogP contribution is 2.41. The normalized spacial score (nSPS) is 17.2. The number of nitrogens with one attached hydrogen (secondary N) is 1. The average molecular weight is 385 g/mol. The van der Waals surface area contributed by atoms with Crippen molar-refractivity contribution in [2.75, 3.05) is 0 Å². The van der Waals surface area contributed by atoms with Gasteiger partial charge >= 0.3 is 0 Å². The van der Waals surface area contributed by atoms with Gasteiger partial charge in [0.2, 0.25) is 5.91 Å². The smallest absolute Gasteiger partial charge is 0.234 e. The summed E-state index contributed by atoms with van der Waals surface area (Å²) in [7, 11) is 0. The standard InChI is InChI=1S/C19H24N6OS/c1-12(2)19(4,11-20)22-17(26)13(3)27-18-24-23-16(25(18)15-5-6-15)14-7-9-21-10-8-14/h7-10,12-13,15H,5-6H2,1-4H3,(H,22,26). The quantitative estimate of drug-likeness (QED) is 0.736. The Morgan fingerprint density at radius 1 is 1.33 bits per heavy atom. The van der Waals surface area contributed by atoms with Crippen LogP contribution in [0.1, 0.15) is 46.6 Å². The van der Waals surface area contributed by atoms with E-state index >= 15 is 0 Å². The Morgan fingerprint density at radius 3 is 2.56 bits per heavy atom. The lowest BCUT2D eigenvalue weighted by Gasteiger charge is -2.28. The second-order valence-electron chi connectivity index (χ2n) is 7.36. The van der Waals surface area contributed by atoms with Crippen molar-refractivity contribution in [3.63, 3.8) is 0 Å². The van der Waals surface area contributed by atoms with Gasteiger partial charge in [0.15, 0.2) is 11.0 Å². The summed E-state index contributed by atoms with van der Waals surface area (Å²) < 4.78 is 2.12. The minimum atomic E-state index is -0.891. The number of amides is 1. The molecule has 3 rings (SSSR count). The molecule has 1 fully saturated rings. The van der Waals surface area contributed by atoms with Gasteiger partial charge in [-0.1, -0.05) is 25.6 Å². The van der Waals surface area contributed by atoms with Gasteiger partial charge in [0.25, 0.3) is 0 Å². The van der Waals surface area contributed by atoms with Crippen LogP contribution < -0.4 is 5.32 Å². The van der Waals surface area contributed by atoms with E-state index in [1.165, 1.54) is 11.8 Å². The highest BCUT2D eigenvalue weighted by atomic mass is 32.2. The molecule has 1 aliphatic carbocycles. The summed E-state index contributed by atoms with van der Waals surface area (Å²) in [5.74, 6) is 0.643. The lowest BCUT2D eigenvalue weighted by molar-refractivity contribution is -0.121. The van der Waals surface area contributed by atoms with Crippen molar-refractivity contribution < 1.29 is 4.79 Å². The van der Waals surface area contributed by atoms with E-state index in [1.807, 2.05) is 32.9 Å². The summed E-state index contributed by atoms with van der Waals surface area (Å²) >= 11 is 1.38. The molecule has 0 bridgehead atoms. The summed E-state index contributed by atoms with van der Waals surface area (Å²) in [6.45, 7) is 7.43. The number of hydrogen-bond acceptors (Lipinski definition) is 6. The van der Waals surface area contributed by atoms with Crippen LogP contribution in [-0.2, 0) is 4.79 Å². The second-order valence-corrected chi connectivity index (χ2v) is 8.67. The molecule has 0 spiro atoms. The van der Waals surface area contributed by atoms with E-state index in [2.05, 4.69) is 31.1 Å². The van der Waals surface area contributed by atoms with E-state index < -0.39 is 5.54 Å². The van der Waals surface area contributed by atoms with Gasteiger partial charge < -0.3 is 5.32 Å². The van der Waals surface area contributed by atoms with E-state index in [0.29, 0.717) is 6.04 Å². The van der Waals surface area contributed by atoms with E-state index in [9.17, 15) is 10.1 Å². The van der Waals surface area contributed by atoms with Gasteiger partial charge in [0.1, 0.15) is 5.54 Å². The van der Waals surface area contributed by atoms with Crippen LogP contribution in [0.3, 0.4) is 0 Å². The summed E-state index contributed by atoms with van der Waals surface area (Å²) in [5.41, 5.74) is 0.0726. The first-order valence-electron chi connectivity index (χ1n) is 9.11. The Balaban J connectivity index is 1.79. The number of nitriles is 1. The number of nitrogens with zero attached hydrogens (tertiary/aromatic N) is 5. The zero-order chi connectivity index (χ0) is 19.6. The highest BCUT2D eigenvalue weighted by molar-refractivity contribution is 8.00. The number of rotatable bonds is 7. The number of hydrogen-bond donors (Lipinski definition) is 1. The van der Waals surface area contributed by atoms with Crippen LogP contribution in [0, 0.1) is 17.2 Å². The van der Waals surface area contributed by atoms with Crippen LogP contribution >= 0.6 is 11.8 Å². The minimum Gasteiger partial charge on any atom is -0.337 e. The maximum atomic E-state index is 12.7. The van der Waals surface area contributed by atoms with E-state index in [-0.39, 0.29) is 17.1 Å². The molecule has 27 heavy (non-hydrogen) atoms. The average Bonchev–Trinajstić information content (AvgIpc) is 3.42. The van der Waals surface area contributed by atoms with Crippen molar-refractivity contribution >= 4 is 17.7 Å². The summed E-state index contributed by atoms with van der Waals surface area (Å²) in [4.78, 5) is 16.7. The van der Waals surface area contributed by atoms with E-state index in [1.54, 1.807) is 19.3 Å². The van der Waals surface area contributed by atoms with Crippen molar-refractivity contribution in [2.45, 2.75) is 62.5 Å². The summed E-state index contributed by atoms with van der Waals surface area (Å²) in [6, 6.07) is 6.41. The van der Waals surface area contributed by atoms with Crippen LogP contribution in [-0.4, -0.2) is 36.4 Å². The molecule has 1 aliphatic rings. The topological polar surface area (TPSA) is 96.5 Å². The zero-order valence-corrected chi connectivity index (χ0v) is 16.8. The molecule has 142 valence electrons. The molecule has 2 aromatic rings. The molecule has 2 heterocycles. The van der Waals surface area contributed by atoms with Gasteiger partial charge in [-0.05, 0) is 44.7 Å². The Labute approximate surface area is 163 Å². The molecule has 0 radical (unpaired) electrons. The molecule has 2 atom stereocenters. The molecule has 1 saturated carbocycles. The number of aromatic nitrogens is 4. The Bertz CT molecular complexity index is 855. The van der Waals surface area contributed by atoms with Gasteiger partial charge in [-0.25, -0.2) is 0 Å². The van der Waals surface area contributed by atoms with Crippen LogP contribution in [0.25, 0.3) is 11.4 Å². The highest BCUT2D eigenvalue weighted by Gasteiger charge is 2.34. The summed E-state index contributed by atoms with van der Waals surface area (Å²) in [5, 5.41) is 21.3. The Hall–Kier alpha value is -2.40. The number of carbonyl (C=O) groups excluding carboxylic acids is 1. The second kappa shape index (κ2) is 7.69. The SMILES string of the molecule is CC(Sc1nnc(-c2ccncc2)n1C1CC1)C(=O)NC(C)(C#N)C(C)C. The van der Waals surface area contributed by atoms with Crippen molar-refractivity contribution in [1.29, 1.82) is 5.26 Å². The predicted molar refractivity (Wildman–Crippen MR) is 104 cm³/mol. The maximum absolute atomic E-state index is 12.7. The fraction of sp³-hybridized carbons (Fsp3) is 0.526. The molecule has 1 amide bonds. The van der Waals surface area contributed by atoms with Gasteiger partial charge in [-0.15, -0.1) is 10.2 Å². The first kappa shape index (κ1) is 19.4. The van der Waals surface area contributed by atoms with E-state index in [4.69, 9.17) is 0 Å². The van der Waals surface area contributed by atoms with Crippen LogP contribution in [0.4, 0.5) is 0 Å². The third-order valence-corrected chi connectivity index (χ3v) is 5.99. The molecule has 7 nitrogen and oxygen atoms in total. The molecule has 0 aliphatic heterocycles. The van der Waals surface area contributed by atoms with Crippen LogP contribution in [0.15, 0.2) is 29.7 Å². The first-order chi connectivity index (χ1) is 12.9. The fourth-order valence-electron chi connectivity index (χ4n) is 2.59. The largest absolute Gasteiger partial charge is 0.337 e. The molecule has 0 aromatic carbocycles. The van der Waals surface area contributed by atoms with Crippen molar-refractivity contribution in [3.05, 3.63) is 24.5 Å². The predicted octanol–water partition coefficient (Wildman–Crippen LogP) is 3.21. The molecule has 2 unspecified atom stereocenters. The molecule has 1 N–H and O–H groups in total. The lowest BCUT2D eigenvalue weighted by atomic mass is 9.90. The fourth-order valence-corrected chi connectivity index (χ4v) is 3.51. The van der Waals surface area contributed by atoms with Crippen LogP contribution in [0.2, 0.25) is 0 Å². The molecule has 0 saturated heterocycles. The number of pyridine rings is 1. The first-order valence-corrected chi connectivity index (χ1v) is 9.99. The van der Waals surface area contributed by atoms with Crippen molar-refractivity contribution in [1.82, 2.24) is 25.1 Å².